The van der Waals surface area contributed by atoms with E-state index in [2.05, 4.69) is 15.6 Å². The van der Waals surface area contributed by atoms with Crippen molar-refractivity contribution in [1.82, 2.24) is 14.9 Å². The van der Waals surface area contributed by atoms with Crippen LogP contribution in [0, 0.1) is 0 Å². The van der Waals surface area contributed by atoms with Gasteiger partial charge in [0.25, 0.3) is 0 Å². The average Bonchev–Trinajstić information content (AvgIpc) is 2.92. The lowest BCUT2D eigenvalue weighted by Gasteiger charge is -2.07. The average molecular weight is 288 g/mol. The third kappa shape index (κ3) is 4.61. The van der Waals surface area contributed by atoms with E-state index < -0.39 is 0 Å². The second kappa shape index (κ2) is 7.44. The van der Waals surface area contributed by atoms with Crippen LogP contribution in [-0.4, -0.2) is 36.2 Å². The van der Waals surface area contributed by atoms with E-state index >= 15 is 0 Å². The Balaban J connectivity index is 1.90. The molecule has 2 rings (SSSR count). The summed E-state index contributed by atoms with van der Waals surface area (Å²) >= 11 is 0. The zero-order valence-electron chi connectivity index (χ0n) is 12.3. The van der Waals surface area contributed by atoms with Gasteiger partial charge in [0.05, 0.1) is 19.1 Å². The van der Waals surface area contributed by atoms with Crippen molar-refractivity contribution in [2.24, 2.45) is 0 Å². The maximum absolute atomic E-state index is 12.0. The lowest BCUT2D eigenvalue weighted by Crippen LogP contribution is -2.18. The number of aromatic nitrogens is 2. The molecular weight excluding hydrogens is 268 g/mol. The standard InChI is InChI=1S/C15H20N4O2/c1-16-7-6-13-9-19(11-17-13)10-15(20)18-12-4-3-5-14(8-12)21-2/h3-5,8-9,11,16H,6-7,10H2,1-2H3,(H,18,20). The van der Waals surface area contributed by atoms with Crippen molar-refractivity contribution < 1.29 is 9.53 Å². The molecule has 6 nitrogen and oxygen atoms in total. The number of carbonyl (C=O) groups is 1. The molecule has 0 bridgehead atoms. The van der Waals surface area contributed by atoms with E-state index in [-0.39, 0.29) is 12.5 Å². The highest BCUT2D eigenvalue weighted by Gasteiger charge is 2.06. The summed E-state index contributed by atoms with van der Waals surface area (Å²) in [6.45, 7) is 1.11. The van der Waals surface area contributed by atoms with E-state index in [4.69, 9.17) is 4.74 Å². The normalized spacial score (nSPS) is 10.4. The van der Waals surface area contributed by atoms with Crippen molar-refractivity contribution in [3.05, 3.63) is 42.5 Å². The topological polar surface area (TPSA) is 68.2 Å². The number of amides is 1. The fraction of sp³-hybridized carbons (Fsp3) is 0.333. The summed E-state index contributed by atoms with van der Waals surface area (Å²) in [5.74, 6) is 0.616. The molecular formula is C15H20N4O2. The third-order valence-electron chi connectivity index (χ3n) is 3.00. The number of rotatable bonds is 7. The Kier molecular flexibility index (Phi) is 5.34. The Labute approximate surface area is 124 Å². The van der Waals surface area contributed by atoms with Gasteiger partial charge in [-0.15, -0.1) is 0 Å². The third-order valence-corrected chi connectivity index (χ3v) is 3.00. The molecule has 1 aromatic heterocycles. The number of benzene rings is 1. The lowest BCUT2D eigenvalue weighted by atomic mass is 10.3. The van der Waals surface area contributed by atoms with Crippen LogP contribution in [0.4, 0.5) is 5.69 Å². The molecule has 6 heteroatoms. The number of methoxy groups -OCH3 is 1. The fourth-order valence-electron chi connectivity index (χ4n) is 1.94. The van der Waals surface area contributed by atoms with Crippen molar-refractivity contribution in [3.63, 3.8) is 0 Å². The molecule has 0 aliphatic carbocycles. The van der Waals surface area contributed by atoms with Gasteiger partial charge in [0.2, 0.25) is 5.91 Å². The van der Waals surface area contributed by atoms with Crippen LogP contribution in [-0.2, 0) is 17.8 Å². The van der Waals surface area contributed by atoms with E-state index in [0.29, 0.717) is 5.75 Å². The number of anilines is 1. The molecule has 0 unspecified atom stereocenters. The first-order valence-electron chi connectivity index (χ1n) is 6.80. The van der Waals surface area contributed by atoms with Crippen LogP contribution in [0.3, 0.4) is 0 Å². The molecule has 0 aliphatic rings. The van der Waals surface area contributed by atoms with Gasteiger partial charge in [0, 0.05) is 30.9 Å². The van der Waals surface area contributed by atoms with Crippen LogP contribution in [0.5, 0.6) is 5.75 Å². The molecule has 112 valence electrons. The molecule has 0 aliphatic heterocycles. The fourth-order valence-corrected chi connectivity index (χ4v) is 1.94. The van der Waals surface area contributed by atoms with Crippen LogP contribution in [0.1, 0.15) is 5.69 Å². The Hall–Kier alpha value is -2.34. The predicted molar refractivity (Wildman–Crippen MR) is 81.5 cm³/mol. The van der Waals surface area contributed by atoms with Gasteiger partial charge >= 0.3 is 0 Å². The molecule has 2 N–H and O–H groups in total. The van der Waals surface area contributed by atoms with Crippen molar-refractivity contribution in [2.45, 2.75) is 13.0 Å². The van der Waals surface area contributed by atoms with Crippen LogP contribution in [0.2, 0.25) is 0 Å². The van der Waals surface area contributed by atoms with Gasteiger partial charge in [-0.25, -0.2) is 4.98 Å². The Bertz CT molecular complexity index is 595. The highest BCUT2D eigenvalue weighted by atomic mass is 16.5. The summed E-state index contributed by atoms with van der Waals surface area (Å²) < 4.78 is 6.90. The SMILES string of the molecule is CNCCc1cn(CC(=O)Nc2cccc(OC)c2)cn1. The van der Waals surface area contributed by atoms with Crippen molar-refractivity contribution >= 4 is 11.6 Å². The van der Waals surface area contributed by atoms with E-state index in [1.54, 1.807) is 24.1 Å². The number of nitrogens with zero attached hydrogens (tertiary/aromatic N) is 2. The Morgan fingerprint density at radius 1 is 1.43 bits per heavy atom. The van der Waals surface area contributed by atoms with Gasteiger partial charge in [0.1, 0.15) is 12.3 Å². The molecule has 0 spiro atoms. The van der Waals surface area contributed by atoms with Crippen molar-refractivity contribution in [1.29, 1.82) is 0 Å². The van der Waals surface area contributed by atoms with Crippen LogP contribution >= 0.6 is 0 Å². The monoisotopic (exact) mass is 288 g/mol. The van der Waals surface area contributed by atoms with Gasteiger partial charge in [0.15, 0.2) is 0 Å². The van der Waals surface area contributed by atoms with E-state index in [1.165, 1.54) is 0 Å². The number of carbonyl (C=O) groups excluding carboxylic acids is 1. The van der Waals surface area contributed by atoms with Crippen LogP contribution in [0.15, 0.2) is 36.8 Å². The Morgan fingerprint density at radius 3 is 3.05 bits per heavy atom. The summed E-state index contributed by atoms with van der Waals surface area (Å²) in [5.41, 5.74) is 1.69. The molecule has 2 aromatic rings. The minimum absolute atomic E-state index is 0.0965. The highest BCUT2D eigenvalue weighted by molar-refractivity contribution is 5.90. The smallest absolute Gasteiger partial charge is 0.244 e. The predicted octanol–water partition coefficient (Wildman–Crippen LogP) is 1.29. The molecule has 0 radical (unpaired) electrons. The molecule has 1 amide bonds. The molecule has 1 heterocycles. The first kappa shape index (κ1) is 15.1. The van der Waals surface area contributed by atoms with E-state index in [9.17, 15) is 4.79 Å². The molecule has 0 saturated carbocycles. The molecule has 21 heavy (non-hydrogen) atoms. The number of likely N-dealkylation sites (N-methyl/N-ethyl adjacent to an activating group) is 1. The van der Waals surface area contributed by atoms with E-state index in [0.717, 1.165) is 24.3 Å². The number of ether oxygens (including phenoxy) is 1. The molecule has 0 atom stereocenters. The van der Waals surface area contributed by atoms with Crippen molar-refractivity contribution in [2.75, 3.05) is 26.0 Å². The summed E-state index contributed by atoms with van der Waals surface area (Å²) in [4.78, 5) is 16.3. The lowest BCUT2D eigenvalue weighted by molar-refractivity contribution is -0.116. The van der Waals surface area contributed by atoms with E-state index in [1.807, 2.05) is 31.4 Å². The number of imidazole rings is 1. The summed E-state index contributed by atoms with van der Waals surface area (Å²) in [6, 6.07) is 7.28. The van der Waals surface area contributed by atoms with Crippen LogP contribution in [0.25, 0.3) is 0 Å². The molecule has 0 fully saturated rings. The summed E-state index contributed by atoms with van der Waals surface area (Å²) in [5, 5.41) is 5.91. The minimum Gasteiger partial charge on any atom is -0.497 e. The van der Waals surface area contributed by atoms with Crippen molar-refractivity contribution in [3.8, 4) is 5.75 Å². The largest absolute Gasteiger partial charge is 0.497 e. The zero-order chi connectivity index (χ0) is 15.1. The maximum Gasteiger partial charge on any atom is 0.244 e. The number of nitrogens with one attached hydrogen (secondary N) is 2. The quantitative estimate of drug-likeness (QED) is 0.805. The summed E-state index contributed by atoms with van der Waals surface area (Å²) in [7, 11) is 3.50. The van der Waals surface area contributed by atoms with Crippen LogP contribution < -0.4 is 15.4 Å². The van der Waals surface area contributed by atoms with Gasteiger partial charge < -0.3 is 19.9 Å². The molecule has 1 aromatic carbocycles. The zero-order valence-corrected chi connectivity index (χ0v) is 12.3. The first-order valence-corrected chi connectivity index (χ1v) is 6.80. The van der Waals surface area contributed by atoms with Gasteiger partial charge in [-0.05, 0) is 19.2 Å². The second-order valence-corrected chi connectivity index (χ2v) is 4.67. The first-order chi connectivity index (χ1) is 10.2. The number of hydrogen-bond donors (Lipinski definition) is 2. The Morgan fingerprint density at radius 2 is 2.29 bits per heavy atom. The van der Waals surface area contributed by atoms with Gasteiger partial charge in [-0.3, -0.25) is 4.79 Å². The molecule has 0 saturated heterocycles. The number of hydrogen-bond acceptors (Lipinski definition) is 4. The maximum atomic E-state index is 12.0. The minimum atomic E-state index is -0.0965. The van der Waals surface area contributed by atoms with Gasteiger partial charge in [-0.2, -0.15) is 0 Å². The second-order valence-electron chi connectivity index (χ2n) is 4.67. The van der Waals surface area contributed by atoms with Gasteiger partial charge in [-0.1, -0.05) is 6.07 Å². The highest BCUT2D eigenvalue weighted by Crippen LogP contribution is 2.16. The summed E-state index contributed by atoms with van der Waals surface area (Å²) in [6.07, 6.45) is 4.42.